The van der Waals surface area contributed by atoms with Crippen molar-refractivity contribution in [3.63, 3.8) is 0 Å². The van der Waals surface area contributed by atoms with E-state index < -0.39 is 11.7 Å². The molecule has 0 aliphatic carbocycles. The molecule has 0 spiro atoms. The van der Waals surface area contributed by atoms with Gasteiger partial charge in [-0.1, -0.05) is 13.0 Å². The van der Waals surface area contributed by atoms with E-state index in [1.54, 1.807) is 32.9 Å². The van der Waals surface area contributed by atoms with Gasteiger partial charge in [-0.05, 0) is 44.9 Å². The van der Waals surface area contributed by atoms with Crippen LogP contribution in [0.4, 0.5) is 10.5 Å². The summed E-state index contributed by atoms with van der Waals surface area (Å²) in [4.78, 5) is 11.6. The zero-order chi connectivity index (χ0) is 14.6. The lowest BCUT2D eigenvalue weighted by atomic mass is 10.00. The Labute approximate surface area is 113 Å². The molecule has 0 heterocycles. The first-order valence-corrected chi connectivity index (χ1v) is 6.26. The van der Waals surface area contributed by atoms with Gasteiger partial charge in [-0.3, -0.25) is 5.32 Å². The molecule has 0 aromatic heterocycles. The third kappa shape index (κ3) is 4.79. The lowest BCUT2D eigenvalue weighted by Gasteiger charge is -2.20. The molecular formula is C14H22N2O3. The van der Waals surface area contributed by atoms with E-state index in [9.17, 15) is 9.90 Å². The quantitative estimate of drug-likeness (QED) is 0.785. The predicted octanol–water partition coefficient (Wildman–Crippen LogP) is 2.80. The zero-order valence-electron chi connectivity index (χ0n) is 11.9. The fraction of sp³-hybridized carbons (Fsp3) is 0.500. The van der Waals surface area contributed by atoms with Crippen molar-refractivity contribution in [3.05, 3.63) is 23.8 Å². The van der Waals surface area contributed by atoms with Crippen LogP contribution in [0.1, 0.15) is 39.2 Å². The Kier molecular flexibility index (Phi) is 4.78. The summed E-state index contributed by atoms with van der Waals surface area (Å²) in [6, 6.07) is 4.95. The average Bonchev–Trinajstić information content (AvgIpc) is 2.25. The van der Waals surface area contributed by atoms with Crippen molar-refractivity contribution in [1.82, 2.24) is 0 Å². The summed E-state index contributed by atoms with van der Waals surface area (Å²) >= 11 is 0. The molecule has 0 saturated carbocycles. The first-order valence-electron chi connectivity index (χ1n) is 6.26. The Bertz CT molecular complexity index is 452. The molecule has 0 fully saturated rings. The van der Waals surface area contributed by atoms with Crippen LogP contribution in [0, 0.1) is 0 Å². The third-order valence-electron chi connectivity index (χ3n) is 2.56. The van der Waals surface area contributed by atoms with E-state index in [0.29, 0.717) is 12.2 Å². The second kappa shape index (κ2) is 5.93. The minimum absolute atomic E-state index is 0.0653. The molecule has 1 rings (SSSR count). The lowest BCUT2D eigenvalue weighted by molar-refractivity contribution is 0.0636. The van der Waals surface area contributed by atoms with E-state index >= 15 is 0 Å². The van der Waals surface area contributed by atoms with Crippen molar-refractivity contribution in [2.24, 2.45) is 5.73 Å². The fourth-order valence-corrected chi connectivity index (χ4v) is 1.59. The van der Waals surface area contributed by atoms with Crippen molar-refractivity contribution in [3.8, 4) is 5.75 Å². The molecule has 5 heteroatoms. The van der Waals surface area contributed by atoms with Crippen LogP contribution in [0.5, 0.6) is 5.75 Å². The number of nitrogens with two attached hydrogens (primary N) is 1. The predicted molar refractivity (Wildman–Crippen MR) is 75.4 cm³/mol. The third-order valence-corrected chi connectivity index (χ3v) is 2.56. The van der Waals surface area contributed by atoms with E-state index in [-0.39, 0.29) is 11.7 Å². The molecule has 1 unspecified atom stereocenters. The Morgan fingerprint density at radius 1 is 1.47 bits per heavy atom. The van der Waals surface area contributed by atoms with E-state index in [2.05, 4.69) is 5.32 Å². The van der Waals surface area contributed by atoms with Crippen molar-refractivity contribution < 1.29 is 14.6 Å². The Balaban J connectivity index is 2.76. The fourth-order valence-electron chi connectivity index (χ4n) is 1.59. The number of aromatic hydroxyl groups is 1. The van der Waals surface area contributed by atoms with Crippen LogP contribution in [0.25, 0.3) is 0 Å². The number of anilines is 1. The highest BCUT2D eigenvalue weighted by atomic mass is 16.6. The lowest BCUT2D eigenvalue weighted by Crippen LogP contribution is -2.27. The number of benzene rings is 1. The van der Waals surface area contributed by atoms with Gasteiger partial charge < -0.3 is 15.6 Å². The minimum Gasteiger partial charge on any atom is -0.508 e. The van der Waals surface area contributed by atoms with Crippen LogP contribution < -0.4 is 11.1 Å². The van der Waals surface area contributed by atoms with Gasteiger partial charge in [0.2, 0.25) is 0 Å². The molecular weight excluding hydrogens is 244 g/mol. The van der Waals surface area contributed by atoms with Crippen molar-refractivity contribution in [2.45, 2.75) is 39.2 Å². The maximum atomic E-state index is 11.6. The maximum absolute atomic E-state index is 11.6. The topological polar surface area (TPSA) is 84.6 Å². The second-order valence-corrected chi connectivity index (χ2v) is 5.54. The smallest absolute Gasteiger partial charge is 0.412 e. The summed E-state index contributed by atoms with van der Waals surface area (Å²) in [5.74, 6) is 0.182. The van der Waals surface area contributed by atoms with Gasteiger partial charge in [0.05, 0.1) is 0 Å². The van der Waals surface area contributed by atoms with Gasteiger partial charge in [0, 0.05) is 11.8 Å². The normalized spacial score (nSPS) is 12.9. The maximum Gasteiger partial charge on any atom is 0.412 e. The molecule has 0 saturated heterocycles. The molecule has 1 aromatic rings. The van der Waals surface area contributed by atoms with Crippen LogP contribution in [-0.4, -0.2) is 23.3 Å². The standard InChI is InChI=1S/C14H22N2O3/c1-9(8-15)11-6-5-10(7-12(11)17)16-13(18)19-14(2,3)4/h5-7,9,17H,8,15H2,1-4H3,(H,16,18). The summed E-state index contributed by atoms with van der Waals surface area (Å²) in [5, 5.41) is 12.5. The average molecular weight is 266 g/mol. The number of hydrogen-bond donors (Lipinski definition) is 3. The number of phenolic OH excluding ortho intramolecular Hbond substituents is 1. The van der Waals surface area contributed by atoms with Gasteiger partial charge in [0.25, 0.3) is 0 Å². The molecule has 0 bridgehead atoms. The minimum atomic E-state index is -0.555. The van der Waals surface area contributed by atoms with E-state index in [0.717, 1.165) is 5.56 Å². The Morgan fingerprint density at radius 2 is 2.11 bits per heavy atom. The molecule has 0 aliphatic rings. The highest BCUT2D eigenvalue weighted by Crippen LogP contribution is 2.28. The number of carbonyl (C=O) groups is 1. The molecule has 0 aliphatic heterocycles. The second-order valence-electron chi connectivity index (χ2n) is 5.54. The monoisotopic (exact) mass is 266 g/mol. The number of nitrogens with one attached hydrogen (secondary N) is 1. The van der Waals surface area contributed by atoms with Gasteiger partial charge in [-0.15, -0.1) is 0 Å². The van der Waals surface area contributed by atoms with Crippen LogP contribution in [-0.2, 0) is 4.74 Å². The van der Waals surface area contributed by atoms with Gasteiger partial charge in [0.1, 0.15) is 11.4 Å². The summed E-state index contributed by atoms with van der Waals surface area (Å²) < 4.78 is 5.13. The number of hydrogen-bond acceptors (Lipinski definition) is 4. The molecule has 4 N–H and O–H groups in total. The van der Waals surface area contributed by atoms with Crippen LogP contribution in [0.3, 0.4) is 0 Å². The van der Waals surface area contributed by atoms with Crippen LogP contribution in [0.15, 0.2) is 18.2 Å². The van der Waals surface area contributed by atoms with Crippen molar-refractivity contribution in [1.29, 1.82) is 0 Å². The SMILES string of the molecule is CC(CN)c1ccc(NC(=O)OC(C)(C)C)cc1O. The summed E-state index contributed by atoms with van der Waals surface area (Å²) in [7, 11) is 0. The molecule has 1 amide bonds. The summed E-state index contributed by atoms with van der Waals surface area (Å²) in [6.07, 6.45) is -0.550. The molecule has 106 valence electrons. The van der Waals surface area contributed by atoms with Gasteiger partial charge >= 0.3 is 6.09 Å². The summed E-state index contributed by atoms with van der Waals surface area (Å²) in [6.45, 7) is 7.74. The molecule has 5 nitrogen and oxygen atoms in total. The van der Waals surface area contributed by atoms with E-state index in [1.165, 1.54) is 6.07 Å². The molecule has 19 heavy (non-hydrogen) atoms. The molecule has 1 aromatic carbocycles. The van der Waals surface area contributed by atoms with Gasteiger partial charge in [-0.25, -0.2) is 4.79 Å². The molecule has 1 atom stereocenters. The highest BCUT2D eigenvalue weighted by molar-refractivity contribution is 5.85. The Hall–Kier alpha value is -1.75. The molecule has 0 radical (unpaired) electrons. The van der Waals surface area contributed by atoms with Crippen LogP contribution in [0.2, 0.25) is 0 Å². The number of rotatable bonds is 3. The van der Waals surface area contributed by atoms with Crippen molar-refractivity contribution >= 4 is 11.8 Å². The van der Waals surface area contributed by atoms with Gasteiger partial charge in [0.15, 0.2) is 0 Å². The first-order chi connectivity index (χ1) is 8.73. The summed E-state index contributed by atoms with van der Waals surface area (Å²) in [5.41, 5.74) is 6.25. The van der Waals surface area contributed by atoms with E-state index in [4.69, 9.17) is 10.5 Å². The first kappa shape index (κ1) is 15.3. The number of phenols is 1. The van der Waals surface area contributed by atoms with Gasteiger partial charge in [-0.2, -0.15) is 0 Å². The highest BCUT2D eigenvalue weighted by Gasteiger charge is 2.17. The Morgan fingerprint density at radius 3 is 2.58 bits per heavy atom. The van der Waals surface area contributed by atoms with E-state index in [1.807, 2.05) is 6.92 Å². The number of carbonyl (C=O) groups excluding carboxylic acids is 1. The largest absolute Gasteiger partial charge is 0.508 e. The van der Waals surface area contributed by atoms with Crippen molar-refractivity contribution in [2.75, 3.05) is 11.9 Å². The number of ether oxygens (including phenoxy) is 1. The van der Waals surface area contributed by atoms with Crippen LogP contribution >= 0.6 is 0 Å². The number of amides is 1. The zero-order valence-corrected chi connectivity index (χ0v) is 11.9.